The van der Waals surface area contributed by atoms with Crippen LogP contribution in [0, 0.1) is 12.3 Å². The van der Waals surface area contributed by atoms with E-state index in [1.54, 1.807) is 11.6 Å². The van der Waals surface area contributed by atoms with Crippen LogP contribution < -0.4 is 10.0 Å². The molecule has 6 nitrogen and oxygen atoms in total. The molecule has 108 valence electrons. The summed E-state index contributed by atoms with van der Waals surface area (Å²) in [4.78, 5) is 15.9. The minimum absolute atomic E-state index is 0.0450. The van der Waals surface area contributed by atoms with Crippen LogP contribution in [0.1, 0.15) is 10.4 Å². The van der Waals surface area contributed by atoms with E-state index >= 15 is 0 Å². The van der Waals surface area contributed by atoms with Crippen molar-refractivity contribution >= 4 is 32.4 Å². The van der Waals surface area contributed by atoms with Gasteiger partial charge in [0.2, 0.25) is 10.0 Å². The summed E-state index contributed by atoms with van der Waals surface area (Å²) >= 11 is 1.29. The molecule has 2 rings (SSSR count). The van der Waals surface area contributed by atoms with E-state index in [0.717, 1.165) is 0 Å². The van der Waals surface area contributed by atoms with Gasteiger partial charge in [0, 0.05) is 17.1 Å². The van der Waals surface area contributed by atoms with Gasteiger partial charge in [-0.25, -0.2) is 13.4 Å². The summed E-state index contributed by atoms with van der Waals surface area (Å²) in [7, 11) is -3.65. The molecule has 2 aromatic rings. The molecule has 0 saturated heterocycles. The number of carbonyl (C=O) groups excluding carboxylic acids is 1. The number of benzene rings is 1. The quantitative estimate of drug-likeness (QED) is 0.813. The van der Waals surface area contributed by atoms with Gasteiger partial charge in [-0.15, -0.1) is 17.8 Å². The van der Waals surface area contributed by atoms with E-state index in [2.05, 4.69) is 20.9 Å². The van der Waals surface area contributed by atoms with E-state index in [0.29, 0.717) is 10.7 Å². The van der Waals surface area contributed by atoms with Crippen LogP contribution in [0.5, 0.6) is 0 Å². The smallest absolute Gasteiger partial charge is 0.257 e. The largest absolute Gasteiger partial charge is 0.298 e. The average molecular weight is 321 g/mol. The summed E-state index contributed by atoms with van der Waals surface area (Å²) in [6, 6.07) is 5.53. The van der Waals surface area contributed by atoms with Gasteiger partial charge in [0.05, 0.1) is 11.4 Å². The van der Waals surface area contributed by atoms with Gasteiger partial charge in [-0.1, -0.05) is 5.92 Å². The lowest BCUT2D eigenvalue weighted by Crippen LogP contribution is -2.24. The fraction of sp³-hybridized carbons (Fsp3) is 0.0769. The van der Waals surface area contributed by atoms with Crippen LogP contribution in [0.3, 0.4) is 0 Å². The average Bonchev–Trinajstić information content (AvgIpc) is 2.98. The van der Waals surface area contributed by atoms with Crippen molar-refractivity contribution in [2.45, 2.75) is 4.90 Å². The number of sulfonamides is 1. The Labute approximate surface area is 126 Å². The van der Waals surface area contributed by atoms with Crippen molar-refractivity contribution in [3.63, 3.8) is 0 Å². The standard InChI is InChI=1S/C13H11N3O3S2/c1-2-7-15-21(18,19)11-5-3-10(4-6-11)12(17)16-13-14-8-9-20-13/h1,3-6,8-9,15H,7H2,(H,14,16,17). The summed E-state index contributed by atoms with van der Waals surface area (Å²) in [5, 5.41) is 4.83. The lowest BCUT2D eigenvalue weighted by molar-refractivity contribution is 0.102. The number of carbonyl (C=O) groups is 1. The molecule has 0 aliphatic rings. The lowest BCUT2D eigenvalue weighted by Gasteiger charge is -2.05. The second kappa shape index (κ2) is 6.49. The molecule has 21 heavy (non-hydrogen) atoms. The molecule has 0 spiro atoms. The number of hydrogen-bond acceptors (Lipinski definition) is 5. The molecular formula is C13H11N3O3S2. The predicted molar refractivity (Wildman–Crippen MR) is 80.5 cm³/mol. The molecule has 0 aliphatic carbocycles. The lowest BCUT2D eigenvalue weighted by atomic mass is 10.2. The summed E-state index contributed by atoms with van der Waals surface area (Å²) in [6.07, 6.45) is 6.58. The molecule has 1 amide bonds. The zero-order valence-corrected chi connectivity index (χ0v) is 12.4. The summed E-state index contributed by atoms with van der Waals surface area (Å²) in [5.41, 5.74) is 0.334. The Kier molecular flexibility index (Phi) is 4.70. The number of thiazole rings is 1. The normalized spacial score (nSPS) is 10.8. The molecule has 0 fully saturated rings. The first-order chi connectivity index (χ1) is 10.0. The minimum Gasteiger partial charge on any atom is -0.298 e. The number of nitrogens with zero attached hydrogens (tertiary/aromatic N) is 1. The Hall–Kier alpha value is -2.21. The molecule has 8 heteroatoms. The van der Waals surface area contributed by atoms with Crippen LogP contribution >= 0.6 is 11.3 Å². The highest BCUT2D eigenvalue weighted by atomic mass is 32.2. The van der Waals surface area contributed by atoms with Crippen molar-refractivity contribution < 1.29 is 13.2 Å². The number of hydrogen-bond donors (Lipinski definition) is 2. The van der Waals surface area contributed by atoms with Crippen molar-refractivity contribution in [1.29, 1.82) is 0 Å². The maximum Gasteiger partial charge on any atom is 0.257 e. The highest BCUT2D eigenvalue weighted by Gasteiger charge is 2.14. The van der Waals surface area contributed by atoms with E-state index in [-0.39, 0.29) is 17.3 Å². The highest BCUT2D eigenvalue weighted by Crippen LogP contribution is 2.14. The molecule has 0 saturated carbocycles. The van der Waals surface area contributed by atoms with Crippen molar-refractivity contribution in [1.82, 2.24) is 9.71 Å². The Balaban J connectivity index is 2.12. The van der Waals surface area contributed by atoms with Crippen LogP contribution in [0.4, 0.5) is 5.13 Å². The molecular weight excluding hydrogens is 310 g/mol. The monoisotopic (exact) mass is 321 g/mol. The van der Waals surface area contributed by atoms with E-state index in [4.69, 9.17) is 6.42 Å². The fourth-order valence-electron chi connectivity index (χ4n) is 1.46. The zero-order valence-electron chi connectivity index (χ0n) is 10.7. The van der Waals surface area contributed by atoms with Crippen LogP contribution in [0.25, 0.3) is 0 Å². The van der Waals surface area contributed by atoms with Gasteiger partial charge in [0.1, 0.15) is 0 Å². The summed E-state index contributed by atoms with van der Waals surface area (Å²) in [6.45, 7) is -0.0887. The first-order valence-electron chi connectivity index (χ1n) is 5.77. The number of rotatable bonds is 5. The van der Waals surface area contributed by atoms with Crippen molar-refractivity contribution in [3.8, 4) is 12.3 Å². The summed E-state index contributed by atoms with van der Waals surface area (Å²) in [5.74, 6) is 1.83. The van der Waals surface area contributed by atoms with Crippen LogP contribution in [-0.4, -0.2) is 25.9 Å². The Morgan fingerprint density at radius 1 is 1.33 bits per heavy atom. The van der Waals surface area contributed by atoms with E-state index in [1.807, 2.05) is 0 Å². The number of anilines is 1. The molecule has 0 bridgehead atoms. The Morgan fingerprint density at radius 2 is 2.05 bits per heavy atom. The minimum atomic E-state index is -3.65. The van der Waals surface area contributed by atoms with Gasteiger partial charge >= 0.3 is 0 Å². The maximum atomic E-state index is 11.9. The molecule has 0 radical (unpaired) electrons. The Bertz CT molecular complexity index is 760. The molecule has 1 heterocycles. The van der Waals surface area contributed by atoms with Gasteiger partial charge in [-0.2, -0.15) is 4.72 Å². The van der Waals surface area contributed by atoms with Crippen LogP contribution in [0.15, 0.2) is 40.7 Å². The SMILES string of the molecule is C#CCNS(=O)(=O)c1ccc(C(=O)Nc2nccs2)cc1. The molecule has 0 unspecified atom stereocenters. The number of amides is 1. The van der Waals surface area contributed by atoms with E-state index in [9.17, 15) is 13.2 Å². The third-order valence-electron chi connectivity index (χ3n) is 2.44. The summed E-state index contributed by atoms with van der Waals surface area (Å²) < 4.78 is 25.9. The van der Waals surface area contributed by atoms with Crippen molar-refractivity contribution in [3.05, 3.63) is 41.4 Å². The van der Waals surface area contributed by atoms with E-state index in [1.165, 1.54) is 35.6 Å². The van der Waals surface area contributed by atoms with Crippen LogP contribution in [0.2, 0.25) is 0 Å². The third-order valence-corrected chi connectivity index (χ3v) is 4.55. The molecule has 0 aliphatic heterocycles. The molecule has 0 atom stereocenters. The molecule has 2 N–H and O–H groups in total. The van der Waals surface area contributed by atoms with Crippen molar-refractivity contribution in [2.24, 2.45) is 0 Å². The van der Waals surface area contributed by atoms with Gasteiger partial charge in [-0.3, -0.25) is 10.1 Å². The second-order valence-electron chi connectivity index (χ2n) is 3.84. The van der Waals surface area contributed by atoms with Crippen molar-refractivity contribution in [2.75, 3.05) is 11.9 Å². The highest BCUT2D eigenvalue weighted by molar-refractivity contribution is 7.89. The molecule has 1 aromatic carbocycles. The first kappa shape index (κ1) is 15.2. The van der Waals surface area contributed by atoms with Gasteiger partial charge < -0.3 is 0 Å². The van der Waals surface area contributed by atoms with Gasteiger partial charge in [0.15, 0.2) is 5.13 Å². The zero-order chi connectivity index (χ0) is 15.3. The van der Waals surface area contributed by atoms with Crippen LogP contribution in [-0.2, 0) is 10.0 Å². The van der Waals surface area contributed by atoms with Gasteiger partial charge in [0.25, 0.3) is 5.91 Å². The fourth-order valence-corrected chi connectivity index (χ4v) is 2.92. The Morgan fingerprint density at radius 3 is 2.62 bits per heavy atom. The second-order valence-corrected chi connectivity index (χ2v) is 6.51. The first-order valence-corrected chi connectivity index (χ1v) is 8.13. The topological polar surface area (TPSA) is 88.2 Å². The van der Waals surface area contributed by atoms with Gasteiger partial charge in [-0.05, 0) is 24.3 Å². The number of aromatic nitrogens is 1. The third kappa shape index (κ3) is 3.88. The number of terminal acetylenes is 1. The molecule has 1 aromatic heterocycles. The number of nitrogens with one attached hydrogen (secondary N) is 2. The predicted octanol–water partition coefficient (Wildman–Crippen LogP) is 1.31. The van der Waals surface area contributed by atoms with E-state index < -0.39 is 10.0 Å². The maximum absolute atomic E-state index is 11.9.